The Kier molecular flexibility index (Phi) is 5.13. The zero-order valence-electron chi connectivity index (χ0n) is 9.23. The first-order valence-corrected chi connectivity index (χ1v) is 12.8. The molecule has 12 heavy (non-hydrogen) atoms. The van der Waals surface area contributed by atoms with Crippen LogP contribution in [0.15, 0.2) is 0 Å². The quantitative estimate of drug-likeness (QED) is 0.659. The largest absolute Gasteiger partial charge is 0.420 e. The van der Waals surface area contributed by atoms with Gasteiger partial charge >= 0.3 is 0 Å². The van der Waals surface area contributed by atoms with Crippen molar-refractivity contribution in [3.05, 3.63) is 0 Å². The molecule has 74 valence electrons. The molecule has 0 aromatic carbocycles. The molecule has 0 unspecified atom stereocenters. The van der Waals surface area contributed by atoms with Crippen LogP contribution in [0.25, 0.3) is 0 Å². The molecule has 0 aromatic rings. The molecule has 4 heteroatoms. The molecule has 0 heterocycles. The molecule has 0 aromatic heterocycles. The molecule has 0 bridgehead atoms. The van der Waals surface area contributed by atoms with Crippen molar-refractivity contribution in [2.24, 2.45) is 0 Å². The molecule has 0 spiro atoms. The average molecular weight is 223 g/mol. The van der Waals surface area contributed by atoms with E-state index in [0.29, 0.717) is 0 Å². The second kappa shape index (κ2) is 4.84. The second-order valence-electron chi connectivity index (χ2n) is 4.67. The Labute approximate surface area is 83.1 Å². The van der Waals surface area contributed by atoms with Crippen LogP contribution in [0.5, 0.6) is 0 Å². The summed E-state index contributed by atoms with van der Waals surface area (Å²) in [4.78, 5) is 0. The average Bonchev–Trinajstić information content (AvgIpc) is 1.84. The lowest BCUT2D eigenvalue weighted by molar-refractivity contribution is 0.405. The third kappa shape index (κ3) is 7.40. The highest BCUT2D eigenvalue weighted by molar-refractivity contribution is 8.28. The SMILES string of the molecule is CO[Si](C)(C)CCS[Si](C)(C)C. The predicted molar refractivity (Wildman–Crippen MR) is 65.1 cm³/mol. The van der Waals surface area contributed by atoms with Crippen molar-refractivity contribution in [1.82, 2.24) is 0 Å². The molecule has 0 saturated heterocycles. The maximum atomic E-state index is 5.49. The van der Waals surface area contributed by atoms with Crippen LogP contribution in [0.4, 0.5) is 0 Å². The summed E-state index contributed by atoms with van der Waals surface area (Å²) in [5.41, 5.74) is 0. The van der Waals surface area contributed by atoms with Crippen molar-refractivity contribution < 1.29 is 4.43 Å². The van der Waals surface area contributed by atoms with E-state index in [9.17, 15) is 0 Å². The highest BCUT2D eigenvalue weighted by Crippen LogP contribution is 2.23. The summed E-state index contributed by atoms with van der Waals surface area (Å²) >= 11 is 2.17. The van der Waals surface area contributed by atoms with E-state index in [0.717, 1.165) is 0 Å². The minimum atomic E-state index is -1.28. The summed E-state index contributed by atoms with van der Waals surface area (Å²) in [5.74, 6) is 1.29. The Morgan fingerprint density at radius 3 is 1.92 bits per heavy atom. The van der Waals surface area contributed by atoms with Gasteiger partial charge in [0, 0.05) is 7.11 Å². The first-order chi connectivity index (χ1) is 5.27. The van der Waals surface area contributed by atoms with Crippen LogP contribution in [-0.4, -0.2) is 28.4 Å². The normalized spacial score (nSPS) is 13.5. The number of hydrogen-bond donors (Lipinski definition) is 0. The van der Waals surface area contributed by atoms with E-state index in [1.165, 1.54) is 11.8 Å². The smallest absolute Gasteiger partial charge is 0.187 e. The van der Waals surface area contributed by atoms with Gasteiger partial charge in [-0.1, -0.05) is 19.6 Å². The van der Waals surface area contributed by atoms with Crippen molar-refractivity contribution in [3.8, 4) is 0 Å². The van der Waals surface area contributed by atoms with Gasteiger partial charge in [0.15, 0.2) is 8.32 Å². The maximum absolute atomic E-state index is 5.49. The zero-order chi connectivity index (χ0) is 9.83. The molecule has 0 radical (unpaired) electrons. The summed E-state index contributed by atoms with van der Waals surface area (Å²) in [6.45, 7) is 11.8. The van der Waals surface area contributed by atoms with Gasteiger partial charge in [0.1, 0.15) is 7.22 Å². The molecule has 0 aliphatic heterocycles. The topological polar surface area (TPSA) is 9.23 Å². The summed E-state index contributed by atoms with van der Waals surface area (Å²) in [5, 5.41) is 0. The predicted octanol–water partition coefficient (Wildman–Crippen LogP) is 3.41. The van der Waals surface area contributed by atoms with Gasteiger partial charge in [-0.2, -0.15) is 11.2 Å². The molecule has 0 N–H and O–H groups in total. The van der Waals surface area contributed by atoms with E-state index >= 15 is 0 Å². The van der Waals surface area contributed by atoms with E-state index < -0.39 is 15.5 Å². The molecule has 0 atom stereocenters. The Bertz CT molecular complexity index is 132. The fourth-order valence-corrected chi connectivity index (χ4v) is 6.65. The van der Waals surface area contributed by atoms with Crippen LogP contribution in [0.1, 0.15) is 0 Å². The minimum absolute atomic E-state index is 0.886. The molecule has 0 fully saturated rings. The van der Waals surface area contributed by atoms with Crippen LogP contribution in [0.3, 0.4) is 0 Å². The zero-order valence-corrected chi connectivity index (χ0v) is 12.0. The van der Waals surface area contributed by atoms with E-state index in [-0.39, 0.29) is 0 Å². The lowest BCUT2D eigenvalue weighted by atomic mass is 11.0. The van der Waals surface area contributed by atoms with Gasteiger partial charge in [-0.25, -0.2) is 0 Å². The van der Waals surface area contributed by atoms with Gasteiger partial charge in [-0.05, 0) is 24.9 Å². The van der Waals surface area contributed by atoms with E-state index in [1.54, 1.807) is 0 Å². The van der Waals surface area contributed by atoms with Crippen molar-refractivity contribution >= 4 is 26.8 Å². The Morgan fingerprint density at radius 1 is 1.08 bits per heavy atom. The summed E-state index contributed by atoms with van der Waals surface area (Å²) in [7, 11) is -0.309. The highest BCUT2D eigenvalue weighted by atomic mass is 32.4. The Balaban J connectivity index is 3.57. The van der Waals surface area contributed by atoms with Crippen molar-refractivity contribution in [2.45, 2.75) is 38.8 Å². The van der Waals surface area contributed by atoms with E-state index in [4.69, 9.17) is 4.43 Å². The Morgan fingerprint density at radius 2 is 1.58 bits per heavy atom. The van der Waals surface area contributed by atoms with Gasteiger partial charge in [-0.3, -0.25) is 0 Å². The van der Waals surface area contributed by atoms with Crippen LogP contribution in [0.2, 0.25) is 38.8 Å². The first-order valence-electron chi connectivity index (χ1n) is 4.46. The molecule has 0 saturated carbocycles. The molecule has 0 amide bonds. The molecular weight excluding hydrogens is 200 g/mol. The highest BCUT2D eigenvalue weighted by Gasteiger charge is 2.22. The van der Waals surface area contributed by atoms with Crippen LogP contribution in [-0.2, 0) is 4.43 Å². The summed E-state index contributed by atoms with van der Waals surface area (Å²) in [6.07, 6.45) is 0. The lowest BCUT2D eigenvalue weighted by Gasteiger charge is -2.22. The molecule has 1 nitrogen and oxygen atoms in total. The summed E-state index contributed by atoms with van der Waals surface area (Å²) in [6, 6.07) is 1.29. The third-order valence-electron chi connectivity index (χ3n) is 1.79. The van der Waals surface area contributed by atoms with Crippen LogP contribution in [0, 0.1) is 0 Å². The number of hydrogen-bond acceptors (Lipinski definition) is 2. The van der Waals surface area contributed by atoms with E-state index in [1.807, 2.05) is 7.11 Å². The second-order valence-corrected chi connectivity index (χ2v) is 18.6. The van der Waals surface area contributed by atoms with Gasteiger partial charge < -0.3 is 4.43 Å². The van der Waals surface area contributed by atoms with Gasteiger partial charge in [0.2, 0.25) is 0 Å². The van der Waals surface area contributed by atoms with Crippen LogP contribution < -0.4 is 0 Å². The van der Waals surface area contributed by atoms with Crippen LogP contribution >= 0.6 is 11.2 Å². The van der Waals surface area contributed by atoms with Crippen molar-refractivity contribution in [1.29, 1.82) is 0 Å². The first kappa shape index (κ1) is 12.7. The monoisotopic (exact) mass is 222 g/mol. The van der Waals surface area contributed by atoms with Crippen molar-refractivity contribution in [3.63, 3.8) is 0 Å². The van der Waals surface area contributed by atoms with Gasteiger partial charge in [0.25, 0.3) is 0 Å². The van der Waals surface area contributed by atoms with E-state index in [2.05, 4.69) is 43.9 Å². The molecule has 0 aliphatic rings. The van der Waals surface area contributed by atoms with Gasteiger partial charge in [0.05, 0.1) is 0 Å². The Hall–Kier alpha value is 0.744. The fourth-order valence-electron chi connectivity index (χ4n) is 0.705. The minimum Gasteiger partial charge on any atom is -0.420 e. The summed E-state index contributed by atoms with van der Waals surface area (Å²) < 4.78 is 5.49. The number of rotatable bonds is 5. The van der Waals surface area contributed by atoms with Crippen molar-refractivity contribution in [2.75, 3.05) is 12.9 Å². The fraction of sp³-hybridized carbons (Fsp3) is 1.00. The lowest BCUT2D eigenvalue weighted by Crippen LogP contribution is -2.30. The molecule has 0 aliphatic carbocycles. The third-order valence-corrected chi connectivity index (χ3v) is 9.20. The maximum Gasteiger partial charge on any atom is 0.187 e. The standard InChI is InChI=1S/C8H22OSSi2/c1-9-12(5,6)8-7-10-11(2,3)4/h7-8H2,1-6H3. The molecule has 0 rings (SSSR count). The van der Waals surface area contributed by atoms with Gasteiger partial charge in [-0.15, -0.1) is 0 Å². The molecular formula is C8H22OSSi2.